The molecule has 4 aromatic rings. The molecule has 0 bridgehead atoms. The van der Waals surface area contributed by atoms with E-state index in [1.165, 1.54) is 11.1 Å². The number of fused-ring (bicyclic) bond motifs is 1. The van der Waals surface area contributed by atoms with E-state index in [1.807, 2.05) is 12.1 Å². The summed E-state index contributed by atoms with van der Waals surface area (Å²) >= 11 is 0. The first-order valence-corrected chi connectivity index (χ1v) is 8.75. The van der Waals surface area contributed by atoms with Gasteiger partial charge in [-0.1, -0.05) is 41.5 Å². The highest BCUT2D eigenvalue weighted by atomic mass is 15.2. The fraction of sp³-hybridized carbons (Fsp3) is 0.136. The lowest BCUT2D eigenvalue weighted by molar-refractivity contribution is 1.10. The van der Waals surface area contributed by atoms with Crippen LogP contribution in [-0.4, -0.2) is 9.38 Å². The molecule has 2 heterocycles. The van der Waals surface area contributed by atoms with Crippen molar-refractivity contribution in [1.29, 1.82) is 0 Å². The molecule has 2 aromatic heterocycles. The maximum Gasteiger partial charge on any atom is 0.174 e. The topological polar surface area (TPSA) is 41.4 Å². The molecule has 4 rings (SSSR count). The second-order valence-electron chi connectivity index (χ2n) is 6.65. The molecule has 0 aliphatic carbocycles. The molecule has 0 fully saturated rings. The Balaban J connectivity index is 1.79. The summed E-state index contributed by atoms with van der Waals surface area (Å²) in [5.74, 6) is 1.74. The van der Waals surface area contributed by atoms with Gasteiger partial charge in [0.1, 0.15) is 5.65 Å². The van der Waals surface area contributed by atoms with Crippen LogP contribution in [0.15, 0.2) is 66.7 Å². The van der Waals surface area contributed by atoms with Crippen LogP contribution >= 0.6 is 0 Å². The van der Waals surface area contributed by atoms with Gasteiger partial charge < -0.3 is 10.6 Å². The molecular weight excluding hydrogens is 320 g/mol. The minimum atomic E-state index is 0.809. The van der Waals surface area contributed by atoms with Gasteiger partial charge in [-0.2, -0.15) is 0 Å². The number of hydrogen-bond acceptors (Lipinski definition) is 3. The van der Waals surface area contributed by atoms with Crippen molar-refractivity contribution >= 4 is 28.7 Å². The fourth-order valence-corrected chi connectivity index (χ4v) is 3.00. The standard InChI is InChI=1S/C22H22N4/c1-15-7-11-18(12-8-15)23-21-22(24-19-13-9-16(2)10-14-19)26-17(3)5-4-6-20(26)25-21/h4-14,23-24H,1-3H3. The number of rotatable bonds is 4. The van der Waals surface area contributed by atoms with Crippen molar-refractivity contribution in [2.45, 2.75) is 20.8 Å². The van der Waals surface area contributed by atoms with Gasteiger partial charge in [0.05, 0.1) is 0 Å². The number of pyridine rings is 1. The molecule has 0 unspecified atom stereocenters. The van der Waals surface area contributed by atoms with E-state index < -0.39 is 0 Å². The molecule has 2 N–H and O–H groups in total. The lowest BCUT2D eigenvalue weighted by Crippen LogP contribution is -2.01. The van der Waals surface area contributed by atoms with Crippen molar-refractivity contribution in [2.24, 2.45) is 0 Å². The van der Waals surface area contributed by atoms with E-state index >= 15 is 0 Å². The Bertz CT molecular complexity index is 1040. The predicted molar refractivity (Wildman–Crippen MR) is 109 cm³/mol. The van der Waals surface area contributed by atoms with Crippen LogP contribution in [0.4, 0.5) is 23.0 Å². The normalized spacial score (nSPS) is 10.9. The third-order valence-corrected chi connectivity index (χ3v) is 4.47. The highest BCUT2D eigenvalue weighted by Crippen LogP contribution is 2.30. The zero-order valence-corrected chi connectivity index (χ0v) is 15.2. The summed E-state index contributed by atoms with van der Waals surface area (Å²) in [7, 11) is 0. The van der Waals surface area contributed by atoms with E-state index in [2.05, 4.69) is 90.4 Å². The third kappa shape index (κ3) is 3.14. The fourth-order valence-electron chi connectivity index (χ4n) is 3.00. The molecule has 0 amide bonds. The van der Waals surface area contributed by atoms with E-state index in [-0.39, 0.29) is 0 Å². The van der Waals surface area contributed by atoms with Crippen molar-refractivity contribution < 1.29 is 0 Å². The number of nitrogens with one attached hydrogen (secondary N) is 2. The van der Waals surface area contributed by atoms with Gasteiger partial charge in [0.2, 0.25) is 0 Å². The summed E-state index contributed by atoms with van der Waals surface area (Å²) in [6.45, 7) is 6.26. The highest BCUT2D eigenvalue weighted by Gasteiger charge is 2.14. The van der Waals surface area contributed by atoms with Crippen LogP contribution in [0.3, 0.4) is 0 Å². The van der Waals surface area contributed by atoms with Crippen LogP contribution in [0.25, 0.3) is 5.65 Å². The maximum absolute atomic E-state index is 4.79. The summed E-state index contributed by atoms with van der Waals surface area (Å²) in [4.78, 5) is 4.79. The molecule has 4 nitrogen and oxygen atoms in total. The van der Waals surface area contributed by atoms with E-state index in [9.17, 15) is 0 Å². The average Bonchev–Trinajstić information content (AvgIpc) is 2.97. The second kappa shape index (κ2) is 6.56. The number of aryl methyl sites for hydroxylation is 3. The van der Waals surface area contributed by atoms with Crippen molar-refractivity contribution in [3.05, 3.63) is 83.6 Å². The van der Waals surface area contributed by atoms with E-state index in [4.69, 9.17) is 4.98 Å². The molecule has 4 heteroatoms. The Morgan fingerprint density at radius 3 is 1.88 bits per heavy atom. The van der Waals surface area contributed by atoms with Gasteiger partial charge in [-0.15, -0.1) is 0 Å². The van der Waals surface area contributed by atoms with Crippen molar-refractivity contribution in [2.75, 3.05) is 10.6 Å². The lowest BCUT2D eigenvalue weighted by Gasteiger charge is -2.12. The highest BCUT2D eigenvalue weighted by molar-refractivity contribution is 5.77. The molecule has 130 valence electrons. The lowest BCUT2D eigenvalue weighted by atomic mass is 10.2. The van der Waals surface area contributed by atoms with Gasteiger partial charge in [-0.25, -0.2) is 4.98 Å². The number of aromatic nitrogens is 2. The van der Waals surface area contributed by atoms with Gasteiger partial charge in [0, 0.05) is 17.1 Å². The first-order valence-electron chi connectivity index (χ1n) is 8.75. The van der Waals surface area contributed by atoms with Gasteiger partial charge in [-0.05, 0) is 57.2 Å². The molecule has 26 heavy (non-hydrogen) atoms. The van der Waals surface area contributed by atoms with Crippen LogP contribution in [-0.2, 0) is 0 Å². The van der Waals surface area contributed by atoms with Crippen molar-refractivity contribution in [3.8, 4) is 0 Å². The van der Waals surface area contributed by atoms with Gasteiger partial charge in [-0.3, -0.25) is 4.40 Å². The van der Waals surface area contributed by atoms with E-state index in [0.717, 1.165) is 34.4 Å². The maximum atomic E-state index is 4.79. The third-order valence-electron chi connectivity index (χ3n) is 4.47. The minimum Gasteiger partial charge on any atom is -0.338 e. The largest absolute Gasteiger partial charge is 0.338 e. The van der Waals surface area contributed by atoms with Crippen molar-refractivity contribution in [1.82, 2.24) is 9.38 Å². The number of anilines is 4. The molecule has 0 saturated carbocycles. The van der Waals surface area contributed by atoms with E-state index in [0.29, 0.717) is 0 Å². The zero-order valence-electron chi connectivity index (χ0n) is 15.2. The van der Waals surface area contributed by atoms with Crippen LogP contribution in [0.1, 0.15) is 16.8 Å². The first kappa shape index (κ1) is 16.2. The SMILES string of the molecule is Cc1ccc(Nc2nc3cccc(C)n3c2Nc2ccc(C)cc2)cc1. The summed E-state index contributed by atoms with van der Waals surface area (Å²) in [6.07, 6.45) is 0. The molecule has 0 saturated heterocycles. The number of hydrogen-bond donors (Lipinski definition) is 2. The quantitative estimate of drug-likeness (QED) is 0.496. The van der Waals surface area contributed by atoms with Crippen molar-refractivity contribution in [3.63, 3.8) is 0 Å². The monoisotopic (exact) mass is 342 g/mol. The van der Waals surface area contributed by atoms with Gasteiger partial charge in [0.25, 0.3) is 0 Å². The first-order chi connectivity index (χ1) is 12.6. The summed E-state index contributed by atoms with van der Waals surface area (Å²) in [5, 5.41) is 6.99. The zero-order chi connectivity index (χ0) is 18.1. The summed E-state index contributed by atoms with van der Waals surface area (Å²) in [6, 6.07) is 22.8. The number of benzene rings is 2. The summed E-state index contributed by atoms with van der Waals surface area (Å²) in [5.41, 5.74) is 6.56. The van der Waals surface area contributed by atoms with Crippen LogP contribution in [0, 0.1) is 20.8 Å². The number of imidazole rings is 1. The second-order valence-corrected chi connectivity index (χ2v) is 6.65. The van der Waals surface area contributed by atoms with Crippen LogP contribution in [0.2, 0.25) is 0 Å². The summed E-state index contributed by atoms with van der Waals surface area (Å²) < 4.78 is 2.14. The molecule has 0 radical (unpaired) electrons. The van der Waals surface area contributed by atoms with Gasteiger partial charge >= 0.3 is 0 Å². The number of nitrogens with zero attached hydrogens (tertiary/aromatic N) is 2. The molecule has 0 atom stereocenters. The Hall–Kier alpha value is -3.27. The molecular formula is C22H22N4. The molecule has 0 aliphatic rings. The molecule has 2 aromatic carbocycles. The Labute approximate surface area is 153 Å². The Morgan fingerprint density at radius 2 is 1.27 bits per heavy atom. The Morgan fingerprint density at radius 1 is 0.692 bits per heavy atom. The predicted octanol–water partition coefficient (Wildman–Crippen LogP) is 5.75. The molecule has 0 spiro atoms. The van der Waals surface area contributed by atoms with Crippen LogP contribution < -0.4 is 10.6 Å². The average molecular weight is 342 g/mol. The minimum absolute atomic E-state index is 0.809. The van der Waals surface area contributed by atoms with E-state index in [1.54, 1.807) is 0 Å². The molecule has 0 aliphatic heterocycles. The Kier molecular flexibility index (Phi) is 4.09. The van der Waals surface area contributed by atoms with Gasteiger partial charge in [0.15, 0.2) is 11.6 Å². The van der Waals surface area contributed by atoms with Crippen LogP contribution in [0.5, 0.6) is 0 Å². The smallest absolute Gasteiger partial charge is 0.174 e.